The number of carbonyl (C=O) groups excluding carboxylic acids is 1. The SMILES string of the molecule is COc1ccc2c(NCC(=O)N(C)C)nccc2c1. The predicted octanol–water partition coefficient (Wildman–Crippen LogP) is 1.74. The molecule has 5 nitrogen and oxygen atoms in total. The number of pyridine rings is 1. The van der Waals surface area contributed by atoms with Gasteiger partial charge in [-0.1, -0.05) is 0 Å². The van der Waals surface area contributed by atoms with Gasteiger partial charge in [0.1, 0.15) is 11.6 Å². The van der Waals surface area contributed by atoms with Gasteiger partial charge < -0.3 is 15.0 Å². The van der Waals surface area contributed by atoms with Crippen molar-refractivity contribution in [2.24, 2.45) is 0 Å². The number of ether oxygens (including phenoxy) is 1. The first kappa shape index (κ1) is 13.1. The van der Waals surface area contributed by atoms with E-state index >= 15 is 0 Å². The monoisotopic (exact) mass is 259 g/mol. The summed E-state index contributed by atoms with van der Waals surface area (Å²) in [6.45, 7) is 0.227. The Balaban J connectivity index is 2.26. The number of methoxy groups -OCH3 is 1. The first-order valence-electron chi connectivity index (χ1n) is 5.98. The second-order valence-corrected chi connectivity index (χ2v) is 4.39. The third-order valence-corrected chi connectivity index (χ3v) is 2.88. The lowest BCUT2D eigenvalue weighted by Gasteiger charge is -2.12. The zero-order chi connectivity index (χ0) is 13.8. The van der Waals surface area contributed by atoms with Crippen molar-refractivity contribution < 1.29 is 9.53 Å². The predicted molar refractivity (Wildman–Crippen MR) is 75.5 cm³/mol. The van der Waals surface area contributed by atoms with Crippen molar-refractivity contribution >= 4 is 22.5 Å². The van der Waals surface area contributed by atoms with E-state index in [1.807, 2.05) is 24.3 Å². The molecule has 1 aromatic carbocycles. The van der Waals surface area contributed by atoms with Crippen molar-refractivity contribution in [3.8, 4) is 5.75 Å². The van der Waals surface area contributed by atoms with Crippen LogP contribution < -0.4 is 10.1 Å². The number of likely N-dealkylation sites (N-methyl/N-ethyl adjacent to an activating group) is 1. The van der Waals surface area contributed by atoms with E-state index in [2.05, 4.69) is 10.3 Å². The van der Waals surface area contributed by atoms with Crippen molar-refractivity contribution in [1.29, 1.82) is 0 Å². The minimum atomic E-state index is 0.00677. The lowest BCUT2D eigenvalue weighted by Crippen LogP contribution is -2.28. The molecule has 19 heavy (non-hydrogen) atoms. The summed E-state index contributed by atoms with van der Waals surface area (Å²) in [6.07, 6.45) is 1.71. The number of rotatable bonds is 4. The van der Waals surface area contributed by atoms with Gasteiger partial charge in [0.05, 0.1) is 13.7 Å². The average Bonchev–Trinajstić information content (AvgIpc) is 2.43. The van der Waals surface area contributed by atoms with E-state index in [1.54, 1.807) is 32.3 Å². The zero-order valence-corrected chi connectivity index (χ0v) is 11.3. The topological polar surface area (TPSA) is 54.5 Å². The fourth-order valence-corrected chi connectivity index (χ4v) is 1.74. The Morgan fingerprint density at radius 3 is 2.84 bits per heavy atom. The second-order valence-electron chi connectivity index (χ2n) is 4.39. The third-order valence-electron chi connectivity index (χ3n) is 2.88. The fourth-order valence-electron chi connectivity index (χ4n) is 1.74. The number of anilines is 1. The Morgan fingerprint density at radius 2 is 2.16 bits per heavy atom. The van der Waals surface area contributed by atoms with Crippen LogP contribution in [-0.2, 0) is 4.79 Å². The molecule has 1 heterocycles. The maximum atomic E-state index is 11.6. The average molecular weight is 259 g/mol. The lowest BCUT2D eigenvalue weighted by molar-refractivity contribution is -0.126. The van der Waals surface area contributed by atoms with Crippen LogP contribution in [-0.4, -0.2) is 43.5 Å². The smallest absolute Gasteiger partial charge is 0.241 e. The van der Waals surface area contributed by atoms with Crippen LogP contribution in [0.15, 0.2) is 30.5 Å². The second kappa shape index (κ2) is 5.56. The van der Waals surface area contributed by atoms with E-state index in [0.717, 1.165) is 16.5 Å². The summed E-state index contributed by atoms with van der Waals surface area (Å²) in [5.41, 5.74) is 0. The van der Waals surface area contributed by atoms with Gasteiger partial charge in [-0.3, -0.25) is 4.79 Å². The fraction of sp³-hybridized carbons (Fsp3) is 0.286. The number of nitrogens with one attached hydrogen (secondary N) is 1. The highest BCUT2D eigenvalue weighted by molar-refractivity contribution is 5.93. The summed E-state index contributed by atoms with van der Waals surface area (Å²) in [5, 5.41) is 5.05. The standard InChI is InChI=1S/C14H17N3O2/c1-17(2)13(18)9-16-14-12-5-4-11(19-3)8-10(12)6-7-15-14/h4-8H,9H2,1-3H3,(H,15,16). The molecule has 0 unspecified atom stereocenters. The van der Waals surface area contributed by atoms with Crippen LogP contribution in [0.2, 0.25) is 0 Å². The number of hydrogen-bond donors (Lipinski definition) is 1. The molecule has 0 aliphatic heterocycles. The Kier molecular flexibility index (Phi) is 3.85. The Bertz CT molecular complexity index is 596. The molecule has 0 saturated carbocycles. The maximum Gasteiger partial charge on any atom is 0.241 e. The Hall–Kier alpha value is -2.30. The van der Waals surface area contributed by atoms with Gasteiger partial charge >= 0.3 is 0 Å². The minimum Gasteiger partial charge on any atom is -0.497 e. The molecule has 1 N–H and O–H groups in total. The molecule has 5 heteroatoms. The number of hydrogen-bond acceptors (Lipinski definition) is 4. The van der Waals surface area contributed by atoms with Gasteiger partial charge in [0.2, 0.25) is 5.91 Å². The van der Waals surface area contributed by atoms with Gasteiger partial charge in [0.25, 0.3) is 0 Å². The van der Waals surface area contributed by atoms with Gasteiger partial charge in [0, 0.05) is 25.7 Å². The van der Waals surface area contributed by atoms with Gasteiger partial charge in [-0.15, -0.1) is 0 Å². The maximum absolute atomic E-state index is 11.6. The molecule has 1 aromatic heterocycles. The summed E-state index contributed by atoms with van der Waals surface area (Å²) in [4.78, 5) is 17.4. The van der Waals surface area contributed by atoms with Gasteiger partial charge in [-0.05, 0) is 29.7 Å². The normalized spacial score (nSPS) is 10.3. The minimum absolute atomic E-state index is 0.00677. The molecular formula is C14H17N3O2. The van der Waals surface area contributed by atoms with Crippen molar-refractivity contribution in [1.82, 2.24) is 9.88 Å². The summed E-state index contributed by atoms with van der Waals surface area (Å²) >= 11 is 0. The van der Waals surface area contributed by atoms with Crippen LogP contribution in [0.4, 0.5) is 5.82 Å². The molecule has 100 valence electrons. The van der Waals surface area contributed by atoms with E-state index < -0.39 is 0 Å². The largest absolute Gasteiger partial charge is 0.497 e. The number of nitrogens with zero attached hydrogens (tertiary/aromatic N) is 2. The zero-order valence-electron chi connectivity index (χ0n) is 11.3. The molecule has 0 spiro atoms. The van der Waals surface area contributed by atoms with Crippen molar-refractivity contribution in [3.63, 3.8) is 0 Å². The lowest BCUT2D eigenvalue weighted by atomic mass is 10.1. The van der Waals surface area contributed by atoms with Crippen LogP contribution in [0, 0.1) is 0 Å². The highest BCUT2D eigenvalue weighted by Gasteiger charge is 2.07. The van der Waals surface area contributed by atoms with Gasteiger partial charge in [-0.25, -0.2) is 4.98 Å². The molecule has 0 aliphatic rings. The molecule has 0 aliphatic carbocycles. The molecule has 0 saturated heterocycles. The quantitative estimate of drug-likeness (QED) is 0.908. The van der Waals surface area contributed by atoms with Crippen LogP contribution in [0.1, 0.15) is 0 Å². The van der Waals surface area contributed by atoms with Crippen LogP contribution in [0.25, 0.3) is 10.8 Å². The van der Waals surface area contributed by atoms with E-state index in [-0.39, 0.29) is 12.5 Å². The van der Waals surface area contributed by atoms with Crippen LogP contribution in [0.5, 0.6) is 5.75 Å². The van der Waals surface area contributed by atoms with E-state index in [0.29, 0.717) is 5.82 Å². The third kappa shape index (κ3) is 2.93. The summed E-state index contributed by atoms with van der Waals surface area (Å²) in [5.74, 6) is 1.51. The first-order chi connectivity index (χ1) is 9.11. The highest BCUT2D eigenvalue weighted by atomic mass is 16.5. The van der Waals surface area contributed by atoms with Crippen molar-refractivity contribution in [2.75, 3.05) is 33.1 Å². The molecule has 0 fully saturated rings. The Morgan fingerprint density at radius 1 is 1.37 bits per heavy atom. The number of aromatic nitrogens is 1. The molecule has 0 bridgehead atoms. The highest BCUT2D eigenvalue weighted by Crippen LogP contribution is 2.25. The summed E-state index contributed by atoms with van der Waals surface area (Å²) < 4.78 is 5.19. The van der Waals surface area contributed by atoms with E-state index in [4.69, 9.17) is 4.74 Å². The number of benzene rings is 1. The van der Waals surface area contributed by atoms with E-state index in [1.165, 1.54) is 0 Å². The summed E-state index contributed by atoms with van der Waals surface area (Å²) in [7, 11) is 5.09. The molecular weight excluding hydrogens is 242 g/mol. The first-order valence-corrected chi connectivity index (χ1v) is 5.98. The number of amides is 1. The molecule has 0 atom stereocenters. The summed E-state index contributed by atoms with van der Waals surface area (Å²) in [6, 6.07) is 7.67. The number of carbonyl (C=O) groups is 1. The number of fused-ring (bicyclic) bond motifs is 1. The van der Waals surface area contributed by atoms with Crippen molar-refractivity contribution in [2.45, 2.75) is 0 Å². The molecule has 1 amide bonds. The van der Waals surface area contributed by atoms with Crippen LogP contribution >= 0.6 is 0 Å². The molecule has 0 radical (unpaired) electrons. The molecule has 2 rings (SSSR count). The van der Waals surface area contributed by atoms with E-state index in [9.17, 15) is 4.79 Å². The van der Waals surface area contributed by atoms with Gasteiger partial charge in [-0.2, -0.15) is 0 Å². The molecule has 2 aromatic rings. The Labute approximate surface area is 112 Å². The van der Waals surface area contributed by atoms with Gasteiger partial charge in [0.15, 0.2) is 0 Å². The van der Waals surface area contributed by atoms with Crippen LogP contribution in [0.3, 0.4) is 0 Å². The van der Waals surface area contributed by atoms with Crippen molar-refractivity contribution in [3.05, 3.63) is 30.5 Å².